The molecule has 14 heavy (non-hydrogen) atoms. The molecule has 0 radical (unpaired) electrons. The number of rotatable bonds is 2. The van der Waals surface area contributed by atoms with Gasteiger partial charge in [0.05, 0.1) is 5.25 Å². The average molecular weight is 215 g/mol. The minimum atomic E-state index is -2.09. The summed E-state index contributed by atoms with van der Waals surface area (Å²) in [6.45, 7) is 5.66. The summed E-state index contributed by atoms with van der Waals surface area (Å²) in [7, 11) is 1.62. The van der Waals surface area contributed by atoms with Crippen LogP contribution >= 0.6 is 0 Å². The Morgan fingerprint density at radius 1 is 1.57 bits per heavy atom. The summed E-state index contributed by atoms with van der Waals surface area (Å²) in [5, 5.41) is -0.502. The highest BCUT2D eigenvalue weighted by atomic mass is 32.2. The Morgan fingerprint density at radius 3 is 2.57 bits per heavy atom. The van der Waals surface area contributed by atoms with Crippen molar-refractivity contribution in [3.8, 4) is 0 Å². The Bertz CT molecular complexity index is 319. The lowest BCUT2D eigenvalue weighted by Crippen LogP contribution is -2.33. The molecule has 80 valence electrons. The van der Waals surface area contributed by atoms with Crippen LogP contribution in [0.25, 0.3) is 0 Å². The van der Waals surface area contributed by atoms with E-state index in [1.165, 1.54) is 0 Å². The monoisotopic (exact) mass is 215 g/mol. The molecule has 0 bridgehead atoms. The first-order valence-electron chi connectivity index (χ1n) is 4.43. The van der Waals surface area contributed by atoms with Gasteiger partial charge in [-0.15, -0.1) is 0 Å². The fourth-order valence-electron chi connectivity index (χ4n) is 1.57. The van der Waals surface area contributed by atoms with Gasteiger partial charge in [0.1, 0.15) is 5.60 Å². The van der Waals surface area contributed by atoms with Crippen LogP contribution in [-0.2, 0) is 15.8 Å². The van der Waals surface area contributed by atoms with Crippen molar-refractivity contribution in [3.05, 3.63) is 23.3 Å². The number of hydrogen-bond donors (Lipinski definition) is 0. The van der Waals surface area contributed by atoms with Crippen LogP contribution in [-0.4, -0.2) is 26.7 Å². The van der Waals surface area contributed by atoms with Crippen molar-refractivity contribution in [3.63, 3.8) is 0 Å². The minimum absolute atomic E-state index is 0.458. The van der Waals surface area contributed by atoms with E-state index in [4.69, 9.17) is 4.74 Å². The molecule has 0 heterocycles. The zero-order valence-corrected chi connectivity index (χ0v) is 9.68. The fourth-order valence-corrected chi connectivity index (χ4v) is 2.25. The van der Waals surface area contributed by atoms with Gasteiger partial charge < -0.3 is 9.29 Å². The third-order valence-electron chi connectivity index (χ3n) is 2.98. The summed E-state index contributed by atoms with van der Waals surface area (Å²) in [6.07, 6.45) is 3.48. The zero-order valence-electron chi connectivity index (χ0n) is 8.87. The largest absolute Gasteiger partial charge is 0.772 e. The fraction of sp³-hybridized carbons (Fsp3) is 0.600. The molecule has 0 saturated carbocycles. The van der Waals surface area contributed by atoms with Crippen molar-refractivity contribution >= 4 is 11.1 Å². The van der Waals surface area contributed by atoms with E-state index in [1.807, 2.05) is 20.8 Å². The predicted octanol–water partition coefficient (Wildman–Crippen LogP) is 1.55. The number of methoxy groups -OCH3 is 1. The van der Waals surface area contributed by atoms with Gasteiger partial charge in [0.15, 0.2) is 0 Å². The van der Waals surface area contributed by atoms with Crippen LogP contribution < -0.4 is 0 Å². The van der Waals surface area contributed by atoms with Crippen LogP contribution in [0.4, 0.5) is 0 Å². The highest BCUT2D eigenvalue weighted by Crippen LogP contribution is 2.32. The first kappa shape index (κ1) is 11.6. The smallest absolute Gasteiger partial charge is 0.104 e. The zero-order chi connectivity index (χ0) is 10.9. The molecule has 1 aliphatic rings. The van der Waals surface area contributed by atoms with E-state index in [2.05, 4.69) is 0 Å². The third-order valence-corrected chi connectivity index (χ3v) is 3.91. The molecule has 0 fully saturated rings. The van der Waals surface area contributed by atoms with Gasteiger partial charge >= 0.3 is 0 Å². The molecule has 0 aromatic carbocycles. The van der Waals surface area contributed by atoms with Crippen LogP contribution in [0.1, 0.15) is 20.8 Å². The van der Waals surface area contributed by atoms with Gasteiger partial charge in [0.2, 0.25) is 0 Å². The highest BCUT2D eigenvalue weighted by Gasteiger charge is 2.30. The second-order valence-corrected chi connectivity index (χ2v) is 4.69. The van der Waals surface area contributed by atoms with Gasteiger partial charge in [0.25, 0.3) is 0 Å². The summed E-state index contributed by atoms with van der Waals surface area (Å²) in [5.41, 5.74) is 1.36. The van der Waals surface area contributed by atoms with Gasteiger partial charge in [-0.3, -0.25) is 4.21 Å². The molecular formula is C10H15O3S-. The molecule has 0 saturated heterocycles. The van der Waals surface area contributed by atoms with Gasteiger partial charge in [-0.25, -0.2) is 0 Å². The molecule has 3 atom stereocenters. The lowest BCUT2D eigenvalue weighted by atomic mass is 9.86. The van der Waals surface area contributed by atoms with E-state index in [0.29, 0.717) is 0 Å². The Labute approximate surface area is 87.1 Å². The Balaban J connectivity index is 3.10. The SMILES string of the molecule is COC1(C)C=CC(S(=O)[O-])C(C)=C1C. The lowest BCUT2D eigenvalue weighted by molar-refractivity contribution is 0.0779. The van der Waals surface area contributed by atoms with E-state index in [0.717, 1.165) is 11.1 Å². The molecule has 0 amide bonds. The summed E-state index contributed by atoms with van der Waals surface area (Å²) in [4.78, 5) is 0. The van der Waals surface area contributed by atoms with E-state index >= 15 is 0 Å². The summed E-state index contributed by atoms with van der Waals surface area (Å²) in [5.74, 6) is 0. The van der Waals surface area contributed by atoms with Crippen molar-refractivity contribution < 1.29 is 13.5 Å². The number of hydrogen-bond acceptors (Lipinski definition) is 3. The molecule has 0 aromatic rings. The molecule has 1 aliphatic carbocycles. The molecule has 4 heteroatoms. The third kappa shape index (κ3) is 1.82. The molecule has 3 unspecified atom stereocenters. The van der Waals surface area contributed by atoms with Gasteiger partial charge in [-0.2, -0.15) is 0 Å². The second-order valence-electron chi connectivity index (χ2n) is 3.66. The van der Waals surface area contributed by atoms with Gasteiger partial charge in [0, 0.05) is 7.11 Å². The van der Waals surface area contributed by atoms with Gasteiger partial charge in [-0.1, -0.05) is 17.7 Å². The lowest BCUT2D eigenvalue weighted by Gasteiger charge is -2.34. The second kappa shape index (κ2) is 3.96. The van der Waals surface area contributed by atoms with Crippen molar-refractivity contribution in [2.75, 3.05) is 7.11 Å². The van der Waals surface area contributed by atoms with Crippen molar-refractivity contribution in [2.45, 2.75) is 31.6 Å². The van der Waals surface area contributed by atoms with Crippen molar-refractivity contribution in [1.82, 2.24) is 0 Å². The molecule has 0 N–H and O–H groups in total. The number of ether oxygens (including phenoxy) is 1. The van der Waals surface area contributed by atoms with E-state index in [1.54, 1.807) is 19.3 Å². The molecule has 0 aromatic heterocycles. The quantitative estimate of drug-likeness (QED) is 0.518. The maximum absolute atomic E-state index is 10.9. The molecular weight excluding hydrogens is 200 g/mol. The average Bonchev–Trinajstić information content (AvgIpc) is 2.14. The molecule has 0 spiro atoms. The van der Waals surface area contributed by atoms with Crippen LogP contribution in [0.5, 0.6) is 0 Å². The first-order valence-corrected chi connectivity index (χ1v) is 5.56. The normalized spacial score (nSPS) is 34.8. The van der Waals surface area contributed by atoms with Crippen molar-refractivity contribution in [2.24, 2.45) is 0 Å². The van der Waals surface area contributed by atoms with Crippen LogP contribution in [0, 0.1) is 0 Å². The molecule has 3 nitrogen and oxygen atoms in total. The van der Waals surface area contributed by atoms with E-state index < -0.39 is 21.9 Å². The Hall–Kier alpha value is -0.450. The molecule has 1 rings (SSSR count). The Morgan fingerprint density at radius 2 is 2.14 bits per heavy atom. The maximum Gasteiger partial charge on any atom is 0.104 e. The molecule has 0 aliphatic heterocycles. The van der Waals surface area contributed by atoms with E-state index in [-0.39, 0.29) is 0 Å². The van der Waals surface area contributed by atoms with Gasteiger partial charge in [-0.05, 0) is 37.4 Å². The van der Waals surface area contributed by atoms with Crippen LogP contribution in [0.3, 0.4) is 0 Å². The topological polar surface area (TPSA) is 49.4 Å². The summed E-state index contributed by atoms with van der Waals surface area (Å²) < 4.78 is 27.1. The summed E-state index contributed by atoms with van der Waals surface area (Å²) >= 11 is -2.09. The highest BCUT2D eigenvalue weighted by molar-refractivity contribution is 7.80. The minimum Gasteiger partial charge on any atom is -0.772 e. The van der Waals surface area contributed by atoms with Crippen LogP contribution in [0.2, 0.25) is 0 Å². The van der Waals surface area contributed by atoms with E-state index in [9.17, 15) is 8.76 Å². The van der Waals surface area contributed by atoms with Crippen molar-refractivity contribution in [1.29, 1.82) is 0 Å². The maximum atomic E-state index is 10.9. The first-order chi connectivity index (χ1) is 6.42. The summed E-state index contributed by atoms with van der Waals surface area (Å²) in [6, 6.07) is 0. The van der Waals surface area contributed by atoms with Crippen LogP contribution in [0.15, 0.2) is 23.3 Å². The predicted molar refractivity (Wildman–Crippen MR) is 55.6 cm³/mol. The Kier molecular flexibility index (Phi) is 3.29. The standard InChI is InChI=1S/C10H16O3S/c1-7-8(2)10(3,13-4)6-5-9(7)14(11)12/h5-6,9H,1-4H3,(H,11,12)/p-1.